The zero-order chi connectivity index (χ0) is 21.8. The van der Waals surface area contributed by atoms with Crippen LogP contribution in [0.1, 0.15) is 29.0 Å². The van der Waals surface area contributed by atoms with Crippen molar-refractivity contribution in [2.45, 2.75) is 24.6 Å². The molecule has 0 saturated carbocycles. The average Bonchev–Trinajstić information content (AvgIpc) is 2.75. The lowest BCUT2D eigenvalue weighted by atomic mass is 9.88. The number of carbonyl (C=O) groups excluding carboxylic acids is 1. The first-order valence-electron chi connectivity index (χ1n) is 9.98. The molecule has 0 N–H and O–H groups in total. The van der Waals surface area contributed by atoms with Crippen LogP contribution in [0.4, 0.5) is 13.2 Å². The van der Waals surface area contributed by atoms with Gasteiger partial charge < -0.3 is 9.64 Å². The van der Waals surface area contributed by atoms with Gasteiger partial charge in [0.25, 0.3) is 0 Å². The zero-order valence-corrected chi connectivity index (χ0v) is 16.6. The van der Waals surface area contributed by atoms with Crippen molar-refractivity contribution in [3.63, 3.8) is 0 Å². The minimum atomic E-state index is -4.43. The van der Waals surface area contributed by atoms with Crippen LogP contribution in [0.25, 0.3) is 0 Å². The van der Waals surface area contributed by atoms with Gasteiger partial charge in [0.2, 0.25) is 11.8 Å². The van der Waals surface area contributed by atoms with Crippen LogP contribution < -0.4 is 4.74 Å². The van der Waals surface area contributed by atoms with Crippen molar-refractivity contribution in [2.24, 2.45) is 0 Å². The van der Waals surface area contributed by atoms with Gasteiger partial charge in [-0.3, -0.25) is 4.79 Å². The van der Waals surface area contributed by atoms with Crippen molar-refractivity contribution < 1.29 is 22.7 Å². The number of amides is 1. The minimum Gasteiger partial charge on any atom is -0.471 e. The van der Waals surface area contributed by atoms with Crippen LogP contribution in [0.5, 0.6) is 5.88 Å². The molecule has 1 aromatic heterocycles. The Morgan fingerprint density at radius 3 is 2.03 bits per heavy atom. The first-order chi connectivity index (χ1) is 14.9. The summed E-state index contributed by atoms with van der Waals surface area (Å²) in [5, 5.41) is 0. The fourth-order valence-corrected chi connectivity index (χ4v) is 3.61. The summed E-state index contributed by atoms with van der Waals surface area (Å²) in [5.41, 5.74) is 1.33. The molecule has 160 valence electrons. The second-order valence-corrected chi connectivity index (χ2v) is 7.50. The smallest absolute Gasteiger partial charge is 0.417 e. The van der Waals surface area contributed by atoms with E-state index in [1.807, 2.05) is 60.7 Å². The Labute approximate surface area is 178 Å². The molecule has 3 aromatic rings. The van der Waals surface area contributed by atoms with Crippen molar-refractivity contribution >= 4 is 5.91 Å². The number of rotatable bonds is 6. The Hall–Kier alpha value is -3.35. The lowest BCUT2D eigenvalue weighted by Crippen LogP contribution is -2.56. The molecule has 1 aliphatic heterocycles. The van der Waals surface area contributed by atoms with E-state index in [2.05, 4.69) is 4.98 Å². The third-order valence-corrected chi connectivity index (χ3v) is 5.33. The van der Waals surface area contributed by atoms with Gasteiger partial charge in [-0.25, -0.2) is 4.98 Å². The van der Waals surface area contributed by atoms with Gasteiger partial charge in [-0.2, -0.15) is 13.2 Å². The van der Waals surface area contributed by atoms with Gasteiger partial charge in [0, 0.05) is 24.6 Å². The maximum atomic E-state index is 12.9. The summed E-state index contributed by atoms with van der Waals surface area (Å²) in [7, 11) is 0. The second-order valence-electron chi connectivity index (χ2n) is 7.50. The largest absolute Gasteiger partial charge is 0.471 e. The first-order valence-corrected chi connectivity index (χ1v) is 9.98. The molecule has 31 heavy (non-hydrogen) atoms. The standard InChI is InChI=1S/C24H21F3N2O2/c25-24(26,27)19-11-12-22(28-14-19)31-20-15-29(16-20)23(30)13-21(17-7-3-1-4-8-17)18-9-5-2-6-10-18/h1-12,14,20-21H,13,15-16H2. The van der Waals surface area contributed by atoms with Crippen LogP contribution in [0.3, 0.4) is 0 Å². The van der Waals surface area contributed by atoms with Crippen LogP contribution in [0.2, 0.25) is 0 Å². The van der Waals surface area contributed by atoms with Gasteiger partial charge in [-0.1, -0.05) is 60.7 Å². The van der Waals surface area contributed by atoms with E-state index in [9.17, 15) is 18.0 Å². The predicted octanol–water partition coefficient (Wildman–Crippen LogP) is 4.91. The lowest BCUT2D eigenvalue weighted by molar-refractivity contribution is -0.141. The summed E-state index contributed by atoms with van der Waals surface area (Å²) < 4.78 is 43.5. The van der Waals surface area contributed by atoms with E-state index < -0.39 is 11.7 Å². The Morgan fingerprint density at radius 1 is 0.968 bits per heavy atom. The summed E-state index contributed by atoms with van der Waals surface area (Å²) in [6.45, 7) is 0.773. The van der Waals surface area contributed by atoms with Crippen molar-refractivity contribution in [1.29, 1.82) is 0 Å². The topological polar surface area (TPSA) is 42.4 Å². The number of alkyl halides is 3. The summed E-state index contributed by atoms with van der Waals surface area (Å²) >= 11 is 0. The molecule has 0 radical (unpaired) electrons. The molecule has 2 heterocycles. The molecule has 0 atom stereocenters. The highest BCUT2D eigenvalue weighted by molar-refractivity contribution is 5.78. The maximum absolute atomic E-state index is 12.9. The van der Waals surface area contributed by atoms with E-state index in [-0.39, 0.29) is 23.8 Å². The van der Waals surface area contributed by atoms with Crippen molar-refractivity contribution in [1.82, 2.24) is 9.88 Å². The lowest BCUT2D eigenvalue weighted by Gasteiger charge is -2.39. The highest BCUT2D eigenvalue weighted by Crippen LogP contribution is 2.31. The van der Waals surface area contributed by atoms with Crippen LogP contribution in [-0.4, -0.2) is 35.0 Å². The number of likely N-dealkylation sites (tertiary alicyclic amines) is 1. The Balaban J connectivity index is 1.35. The molecule has 0 unspecified atom stereocenters. The van der Waals surface area contributed by atoms with E-state index in [4.69, 9.17) is 4.74 Å². The molecule has 1 fully saturated rings. The number of carbonyl (C=O) groups is 1. The van der Waals surface area contributed by atoms with Gasteiger partial charge >= 0.3 is 6.18 Å². The quantitative estimate of drug-likeness (QED) is 0.562. The fourth-order valence-electron chi connectivity index (χ4n) is 3.61. The predicted molar refractivity (Wildman–Crippen MR) is 110 cm³/mol. The van der Waals surface area contributed by atoms with Gasteiger partial charge in [-0.05, 0) is 17.2 Å². The highest BCUT2D eigenvalue weighted by Gasteiger charge is 2.34. The molecule has 1 aliphatic rings. The molecule has 4 rings (SSSR count). The number of pyridine rings is 1. The number of ether oxygens (including phenoxy) is 1. The molecular formula is C24H21F3N2O2. The Morgan fingerprint density at radius 2 is 1.55 bits per heavy atom. The number of aromatic nitrogens is 1. The van der Waals surface area contributed by atoms with Crippen LogP contribution in [0, 0.1) is 0 Å². The zero-order valence-electron chi connectivity index (χ0n) is 16.6. The molecule has 7 heteroatoms. The number of benzene rings is 2. The highest BCUT2D eigenvalue weighted by atomic mass is 19.4. The van der Waals surface area contributed by atoms with Crippen molar-refractivity contribution in [3.05, 3.63) is 95.7 Å². The van der Waals surface area contributed by atoms with Gasteiger partial charge in [-0.15, -0.1) is 0 Å². The van der Waals surface area contributed by atoms with E-state index >= 15 is 0 Å². The summed E-state index contributed by atoms with van der Waals surface area (Å²) in [6.07, 6.45) is -3.63. The van der Waals surface area contributed by atoms with Crippen molar-refractivity contribution in [3.8, 4) is 5.88 Å². The summed E-state index contributed by atoms with van der Waals surface area (Å²) in [4.78, 5) is 18.3. The maximum Gasteiger partial charge on any atom is 0.417 e. The Bertz CT molecular complexity index is 963. The Kier molecular flexibility index (Phi) is 5.93. The molecule has 0 bridgehead atoms. The van der Waals surface area contributed by atoms with Crippen LogP contribution >= 0.6 is 0 Å². The van der Waals surface area contributed by atoms with E-state index in [1.54, 1.807) is 4.90 Å². The normalized spacial score (nSPS) is 14.4. The first kappa shape index (κ1) is 20.9. The molecule has 1 saturated heterocycles. The van der Waals surface area contributed by atoms with E-state index in [0.29, 0.717) is 19.5 Å². The van der Waals surface area contributed by atoms with Gasteiger partial charge in [0.1, 0.15) is 6.10 Å². The summed E-state index contributed by atoms with van der Waals surface area (Å²) in [6, 6.07) is 21.9. The molecule has 4 nitrogen and oxygen atoms in total. The third kappa shape index (κ3) is 5.05. The summed E-state index contributed by atoms with van der Waals surface area (Å²) in [5.74, 6) is 0.0842. The molecular weight excluding hydrogens is 405 g/mol. The fraction of sp³-hybridized carbons (Fsp3) is 0.250. The number of hydrogen-bond donors (Lipinski definition) is 0. The molecule has 2 aromatic carbocycles. The van der Waals surface area contributed by atoms with Crippen LogP contribution in [-0.2, 0) is 11.0 Å². The molecule has 0 spiro atoms. The van der Waals surface area contributed by atoms with Crippen molar-refractivity contribution in [2.75, 3.05) is 13.1 Å². The SMILES string of the molecule is O=C(CC(c1ccccc1)c1ccccc1)N1CC(Oc2ccc(C(F)(F)F)cn2)C1. The monoisotopic (exact) mass is 426 g/mol. The number of halogens is 3. The molecule has 0 aliphatic carbocycles. The average molecular weight is 426 g/mol. The second kappa shape index (κ2) is 8.79. The van der Waals surface area contributed by atoms with E-state index in [0.717, 1.165) is 23.4 Å². The third-order valence-electron chi connectivity index (χ3n) is 5.33. The van der Waals surface area contributed by atoms with Gasteiger partial charge in [0.15, 0.2) is 0 Å². The minimum absolute atomic E-state index is 0.0120. The number of hydrogen-bond acceptors (Lipinski definition) is 3. The van der Waals surface area contributed by atoms with E-state index in [1.165, 1.54) is 6.07 Å². The molecule has 1 amide bonds. The van der Waals surface area contributed by atoms with Crippen LogP contribution in [0.15, 0.2) is 79.0 Å². The number of nitrogens with zero attached hydrogens (tertiary/aromatic N) is 2. The van der Waals surface area contributed by atoms with Gasteiger partial charge in [0.05, 0.1) is 18.7 Å².